The quantitative estimate of drug-likeness (QED) is 0.737. The van der Waals surface area contributed by atoms with Crippen LogP contribution in [-0.2, 0) is 16.0 Å². The predicted octanol–water partition coefficient (Wildman–Crippen LogP) is 2.66. The van der Waals surface area contributed by atoms with E-state index in [2.05, 4.69) is 4.98 Å². The summed E-state index contributed by atoms with van der Waals surface area (Å²) >= 11 is 0. The highest BCUT2D eigenvalue weighted by Gasteiger charge is 2.16. The van der Waals surface area contributed by atoms with Crippen molar-refractivity contribution in [1.82, 2.24) is 4.98 Å². The zero-order chi connectivity index (χ0) is 12.2. The van der Waals surface area contributed by atoms with Gasteiger partial charge in [0.1, 0.15) is 5.60 Å². The largest absolute Gasteiger partial charge is 0.460 e. The number of pyridine rings is 1. The van der Waals surface area contributed by atoms with Gasteiger partial charge >= 0.3 is 5.97 Å². The summed E-state index contributed by atoms with van der Waals surface area (Å²) in [5.74, 6) is -0.157. The molecule has 1 heterocycles. The van der Waals surface area contributed by atoms with E-state index in [-0.39, 0.29) is 5.97 Å². The van der Waals surface area contributed by atoms with Gasteiger partial charge in [0.15, 0.2) is 0 Å². The normalized spacial score (nSPS) is 11.2. The molecule has 0 spiro atoms. The van der Waals surface area contributed by atoms with Crippen molar-refractivity contribution in [3.63, 3.8) is 0 Å². The van der Waals surface area contributed by atoms with E-state index in [9.17, 15) is 4.79 Å². The van der Waals surface area contributed by atoms with E-state index < -0.39 is 5.60 Å². The minimum atomic E-state index is -0.402. The Labute approximate surface area is 96.8 Å². The molecule has 1 aromatic heterocycles. The summed E-state index contributed by atoms with van der Waals surface area (Å²) in [4.78, 5) is 15.7. The Morgan fingerprint density at radius 1 is 1.44 bits per heavy atom. The molecule has 0 aliphatic carbocycles. The molecule has 0 saturated heterocycles. The number of aryl methyl sites for hydroxylation is 2. The first-order chi connectivity index (χ1) is 7.38. The number of hydrogen-bond donors (Lipinski definition) is 0. The SMILES string of the molecule is Cc1ncccc1CCC(=O)OC(C)(C)C. The van der Waals surface area contributed by atoms with Gasteiger partial charge in [0.25, 0.3) is 0 Å². The van der Waals surface area contributed by atoms with E-state index in [4.69, 9.17) is 4.74 Å². The van der Waals surface area contributed by atoms with E-state index in [0.717, 1.165) is 11.3 Å². The molecular formula is C13H19NO2. The minimum absolute atomic E-state index is 0.157. The van der Waals surface area contributed by atoms with Gasteiger partial charge in [-0.3, -0.25) is 9.78 Å². The van der Waals surface area contributed by atoms with Crippen LogP contribution < -0.4 is 0 Å². The molecule has 3 nitrogen and oxygen atoms in total. The van der Waals surface area contributed by atoms with E-state index >= 15 is 0 Å². The molecule has 0 bridgehead atoms. The molecule has 0 saturated carbocycles. The lowest BCUT2D eigenvalue weighted by Gasteiger charge is -2.19. The lowest BCUT2D eigenvalue weighted by Crippen LogP contribution is -2.24. The van der Waals surface area contributed by atoms with Gasteiger partial charge in [-0.2, -0.15) is 0 Å². The molecule has 16 heavy (non-hydrogen) atoms. The van der Waals surface area contributed by atoms with Crippen molar-refractivity contribution in [2.45, 2.75) is 46.1 Å². The molecule has 88 valence electrons. The summed E-state index contributed by atoms with van der Waals surface area (Å²) in [6, 6.07) is 3.88. The third kappa shape index (κ3) is 4.43. The molecule has 0 radical (unpaired) electrons. The van der Waals surface area contributed by atoms with Crippen LogP contribution in [0, 0.1) is 6.92 Å². The van der Waals surface area contributed by atoms with Crippen molar-refractivity contribution in [2.75, 3.05) is 0 Å². The number of carbonyl (C=O) groups excluding carboxylic acids is 1. The van der Waals surface area contributed by atoms with Crippen LogP contribution >= 0.6 is 0 Å². The first kappa shape index (κ1) is 12.7. The fourth-order valence-electron chi connectivity index (χ4n) is 1.41. The standard InChI is InChI=1S/C13H19NO2/c1-10-11(6-5-9-14-10)7-8-12(15)16-13(2,3)4/h5-6,9H,7-8H2,1-4H3. The van der Waals surface area contributed by atoms with Crippen molar-refractivity contribution < 1.29 is 9.53 Å². The maximum absolute atomic E-state index is 11.5. The van der Waals surface area contributed by atoms with Gasteiger partial charge in [0, 0.05) is 18.3 Å². The van der Waals surface area contributed by atoms with Crippen LogP contribution in [0.2, 0.25) is 0 Å². The summed E-state index contributed by atoms with van der Waals surface area (Å²) in [6.45, 7) is 7.57. The van der Waals surface area contributed by atoms with Gasteiger partial charge in [-0.05, 0) is 45.7 Å². The average Bonchev–Trinajstić information content (AvgIpc) is 2.14. The average molecular weight is 221 g/mol. The lowest BCUT2D eigenvalue weighted by molar-refractivity contribution is -0.154. The second-order valence-corrected chi connectivity index (χ2v) is 4.83. The molecule has 0 unspecified atom stereocenters. The van der Waals surface area contributed by atoms with Crippen LogP contribution in [0.4, 0.5) is 0 Å². The van der Waals surface area contributed by atoms with Crippen molar-refractivity contribution in [3.05, 3.63) is 29.6 Å². The maximum Gasteiger partial charge on any atom is 0.306 e. The molecule has 0 fully saturated rings. The molecule has 1 aromatic rings. The van der Waals surface area contributed by atoms with Crippen LogP contribution in [0.1, 0.15) is 38.4 Å². The summed E-state index contributed by atoms with van der Waals surface area (Å²) in [6.07, 6.45) is 2.85. The predicted molar refractivity (Wildman–Crippen MR) is 63.1 cm³/mol. The Kier molecular flexibility index (Phi) is 4.05. The molecule has 0 aliphatic heterocycles. The molecule has 3 heteroatoms. The van der Waals surface area contributed by atoms with Crippen LogP contribution in [-0.4, -0.2) is 16.6 Å². The topological polar surface area (TPSA) is 39.2 Å². The molecule has 1 rings (SSSR count). The highest BCUT2D eigenvalue weighted by atomic mass is 16.6. The number of hydrogen-bond acceptors (Lipinski definition) is 3. The van der Waals surface area contributed by atoms with Crippen LogP contribution in [0.5, 0.6) is 0 Å². The first-order valence-electron chi connectivity index (χ1n) is 5.51. The molecule has 0 amide bonds. The third-order valence-corrected chi connectivity index (χ3v) is 2.13. The molecular weight excluding hydrogens is 202 g/mol. The van der Waals surface area contributed by atoms with E-state index in [0.29, 0.717) is 12.8 Å². The molecule has 0 N–H and O–H groups in total. The fourth-order valence-corrected chi connectivity index (χ4v) is 1.41. The van der Waals surface area contributed by atoms with Crippen LogP contribution in [0.3, 0.4) is 0 Å². The highest BCUT2D eigenvalue weighted by molar-refractivity contribution is 5.70. The van der Waals surface area contributed by atoms with Gasteiger partial charge in [-0.15, -0.1) is 0 Å². The Bertz CT molecular complexity index is 366. The Balaban J connectivity index is 2.47. The monoisotopic (exact) mass is 221 g/mol. The Hall–Kier alpha value is -1.38. The van der Waals surface area contributed by atoms with E-state index in [1.165, 1.54) is 0 Å². The highest BCUT2D eigenvalue weighted by Crippen LogP contribution is 2.11. The van der Waals surface area contributed by atoms with Gasteiger partial charge in [-0.25, -0.2) is 0 Å². The summed E-state index contributed by atoms with van der Waals surface area (Å²) in [5, 5.41) is 0. The van der Waals surface area contributed by atoms with Gasteiger partial charge in [0.05, 0.1) is 0 Å². The van der Waals surface area contributed by atoms with Crippen molar-refractivity contribution in [2.24, 2.45) is 0 Å². The lowest BCUT2D eigenvalue weighted by atomic mass is 10.1. The number of ether oxygens (including phenoxy) is 1. The van der Waals surface area contributed by atoms with Gasteiger partial charge in [-0.1, -0.05) is 6.07 Å². The zero-order valence-electron chi connectivity index (χ0n) is 10.4. The van der Waals surface area contributed by atoms with Crippen molar-refractivity contribution in [3.8, 4) is 0 Å². The summed E-state index contributed by atoms with van der Waals surface area (Å²) < 4.78 is 5.24. The van der Waals surface area contributed by atoms with Crippen LogP contribution in [0.15, 0.2) is 18.3 Å². The van der Waals surface area contributed by atoms with Crippen LogP contribution in [0.25, 0.3) is 0 Å². The molecule has 0 aliphatic rings. The Morgan fingerprint density at radius 3 is 2.69 bits per heavy atom. The smallest absolute Gasteiger partial charge is 0.306 e. The first-order valence-corrected chi connectivity index (χ1v) is 5.51. The van der Waals surface area contributed by atoms with Crippen molar-refractivity contribution in [1.29, 1.82) is 0 Å². The number of esters is 1. The number of rotatable bonds is 3. The van der Waals surface area contributed by atoms with Gasteiger partial charge in [0.2, 0.25) is 0 Å². The summed E-state index contributed by atoms with van der Waals surface area (Å²) in [5.41, 5.74) is 1.68. The van der Waals surface area contributed by atoms with E-state index in [1.807, 2.05) is 39.8 Å². The number of carbonyl (C=O) groups is 1. The second kappa shape index (κ2) is 5.10. The number of nitrogens with zero attached hydrogens (tertiary/aromatic N) is 1. The minimum Gasteiger partial charge on any atom is -0.460 e. The Morgan fingerprint density at radius 2 is 2.12 bits per heavy atom. The number of aromatic nitrogens is 1. The second-order valence-electron chi connectivity index (χ2n) is 4.83. The molecule has 0 aromatic carbocycles. The third-order valence-electron chi connectivity index (χ3n) is 2.13. The summed E-state index contributed by atoms with van der Waals surface area (Å²) in [7, 11) is 0. The zero-order valence-corrected chi connectivity index (χ0v) is 10.4. The van der Waals surface area contributed by atoms with E-state index in [1.54, 1.807) is 6.20 Å². The maximum atomic E-state index is 11.5. The molecule has 0 atom stereocenters. The fraction of sp³-hybridized carbons (Fsp3) is 0.538. The van der Waals surface area contributed by atoms with Crippen molar-refractivity contribution >= 4 is 5.97 Å². The van der Waals surface area contributed by atoms with Gasteiger partial charge < -0.3 is 4.74 Å².